The summed E-state index contributed by atoms with van der Waals surface area (Å²) in [5.41, 5.74) is 1.58. The topological polar surface area (TPSA) is 12.0 Å². The molecule has 0 amide bonds. The summed E-state index contributed by atoms with van der Waals surface area (Å²) in [7, 11) is 0. The Kier molecular flexibility index (Phi) is 5.64. The molecule has 0 saturated heterocycles. The van der Waals surface area contributed by atoms with Gasteiger partial charge < -0.3 is 5.32 Å². The lowest BCUT2D eigenvalue weighted by molar-refractivity contribution is 0.406. The number of halogens is 1. The van der Waals surface area contributed by atoms with Crippen molar-refractivity contribution >= 4 is 45.7 Å². The Hall–Kier alpha value is 0.740. The van der Waals surface area contributed by atoms with E-state index in [0.717, 1.165) is 0 Å². The van der Waals surface area contributed by atoms with Gasteiger partial charge in [0.25, 0.3) is 0 Å². The van der Waals surface area contributed by atoms with Crippen LogP contribution in [-0.4, -0.2) is 18.1 Å². The lowest BCUT2D eigenvalue weighted by Crippen LogP contribution is -2.32. The Balaban J connectivity index is 1.98. The maximum atomic E-state index is 3.81. The first kappa shape index (κ1) is 14.2. The minimum Gasteiger partial charge on any atom is -0.307 e. The summed E-state index contributed by atoms with van der Waals surface area (Å²) in [5, 5.41) is 3.81. The maximum Gasteiger partial charge on any atom is 0.0659 e. The van der Waals surface area contributed by atoms with E-state index in [1.54, 1.807) is 10.4 Å². The van der Waals surface area contributed by atoms with E-state index in [1.807, 2.05) is 23.1 Å². The minimum absolute atomic E-state index is 0.607. The van der Waals surface area contributed by atoms with E-state index in [4.69, 9.17) is 0 Å². The zero-order valence-corrected chi connectivity index (χ0v) is 14.3. The van der Waals surface area contributed by atoms with Crippen molar-refractivity contribution < 1.29 is 0 Å². The second-order valence-corrected chi connectivity index (χ2v) is 8.74. The molecule has 0 aromatic carbocycles. The zero-order valence-electron chi connectivity index (χ0n) is 10.5. The standard InChI is InChI=1S/C13H20INS2/c1-9(6-7-16-2)15-11-4-3-5-12-10(11)8-13(14)17-12/h8-9,11,15H,3-7H2,1-2H3. The highest BCUT2D eigenvalue weighted by molar-refractivity contribution is 14.1. The molecule has 1 aliphatic rings. The molecular formula is C13H20INS2. The molecule has 0 fully saturated rings. The van der Waals surface area contributed by atoms with Gasteiger partial charge in [-0.05, 0) is 78.8 Å². The molecule has 0 spiro atoms. The van der Waals surface area contributed by atoms with E-state index in [0.29, 0.717) is 12.1 Å². The molecule has 2 rings (SSSR count). The van der Waals surface area contributed by atoms with E-state index < -0.39 is 0 Å². The summed E-state index contributed by atoms with van der Waals surface area (Å²) in [5.74, 6) is 1.26. The van der Waals surface area contributed by atoms with E-state index in [2.05, 4.69) is 47.2 Å². The van der Waals surface area contributed by atoms with Crippen LogP contribution in [0.15, 0.2) is 6.07 Å². The molecule has 2 unspecified atom stereocenters. The minimum atomic E-state index is 0.607. The van der Waals surface area contributed by atoms with Crippen molar-refractivity contribution in [2.45, 2.75) is 44.7 Å². The van der Waals surface area contributed by atoms with Gasteiger partial charge in [-0.25, -0.2) is 0 Å². The average Bonchev–Trinajstić information content (AvgIpc) is 2.68. The Morgan fingerprint density at radius 1 is 1.65 bits per heavy atom. The van der Waals surface area contributed by atoms with Crippen LogP contribution >= 0.6 is 45.7 Å². The quantitative estimate of drug-likeness (QED) is 0.756. The Morgan fingerprint density at radius 3 is 3.24 bits per heavy atom. The molecule has 0 saturated carbocycles. The van der Waals surface area contributed by atoms with Crippen LogP contribution in [-0.2, 0) is 6.42 Å². The monoisotopic (exact) mass is 381 g/mol. The Bertz CT molecular complexity index is 364. The molecule has 96 valence electrons. The first-order valence-electron chi connectivity index (χ1n) is 6.23. The number of hydrogen-bond acceptors (Lipinski definition) is 3. The largest absolute Gasteiger partial charge is 0.307 e. The molecule has 1 aliphatic carbocycles. The summed E-state index contributed by atoms with van der Waals surface area (Å²) in [6.45, 7) is 2.32. The molecule has 0 bridgehead atoms. The average molecular weight is 381 g/mol. The summed E-state index contributed by atoms with van der Waals surface area (Å²) in [4.78, 5) is 1.62. The maximum absolute atomic E-state index is 3.81. The predicted molar refractivity (Wildman–Crippen MR) is 88.3 cm³/mol. The number of thiophene rings is 1. The van der Waals surface area contributed by atoms with Gasteiger partial charge in [0, 0.05) is 17.0 Å². The summed E-state index contributed by atoms with van der Waals surface area (Å²) in [6, 6.07) is 3.63. The lowest BCUT2D eigenvalue weighted by atomic mass is 9.93. The smallest absolute Gasteiger partial charge is 0.0659 e. The van der Waals surface area contributed by atoms with Crippen LogP contribution in [0.2, 0.25) is 0 Å². The predicted octanol–water partition coefficient (Wildman–Crippen LogP) is 4.46. The summed E-state index contributed by atoms with van der Waals surface area (Å²) < 4.78 is 1.44. The van der Waals surface area contributed by atoms with E-state index in [1.165, 1.54) is 34.3 Å². The van der Waals surface area contributed by atoms with Gasteiger partial charge in [-0.2, -0.15) is 11.8 Å². The fraction of sp³-hybridized carbons (Fsp3) is 0.692. The van der Waals surface area contributed by atoms with Crippen LogP contribution in [0.1, 0.15) is 42.7 Å². The molecule has 0 radical (unpaired) electrons. The Morgan fingerprint density at radius 2 is 2.47 bits per heavy atom. The van der Waals surface area contributed by atoms with Gasteiger partial charge in [0.05, 0.1) is 2.88 Å². The molecule has 1 N–H and O–H groups in total. The van der Waals surface area contributed by atoms with Gasteiger partial charge in [-0.1, -0.05) is 0 Å². The molecule has 1 aromatic rings. The van der Waals surface area contributed by atoms with Crippen LogP contribution in [0, 0.1) is 2.88 Å². The van der Waals surface area contributed by atoms with Crippen molar-refractivity contribution in [2.24, 2.45) is 0 Å². The SMILES string of the molecule is CSCCC(C)NC1CCCc2sc(I)cc21. The highest BCUT2D eigenvalue weighted by Crippen LogP contribution is 2.36. The third kappa shape index (κ3) is 3.85. The molecule has 0 aliphatic heterocycles. The number of nitrogens with one attached hydrogen (secondary N) is 1. The molecule has 17 heavy (non-hydrogen) atoms. The third-order valence-corrected chi connectivity index (χ3v) is 5.94. The van der Waals surface area contributed by atoms with Crippen LogP contribution < -0.4 is 5.32 Å². The van der Waals surface area contributed by atoms with Gasteiger partial charge in [-0.15, -0.1) is 11.3 Å². The number of hydrogen-bond donors (Lipinski definition) is 1. The van der Waals surface area contributed by atoms with Crippen LogP contribution in [0.4, 0.5) is 0 Å². The van der Waals surface area contributed by atoms with E-state index >= 15 is 0 Å². The highest BCUT2D eigenvalue weighted by Gasteiger charge is 2.23. The normalized spacial score (nSPS) is 21.2. The number of thioether (sulfide) groups is 1. The molecular weight excluding hydrogens is 361 g/mol. The number of aryl methyl sites for hydroxylation is 1. The van der Waals surface area contributed by atoms with E-state index in [9.17, 15) is 0 Å². The van der Waals surface area contributed by atoms with Crippen molar-refractivity contribution in [1.82, 2.24) is 5.32 Å². The van der Waals surface area contributed by atoms with E-state index in [-0.39, 0.29) is 0 Å². The van der Waals surface area contributed by atoms with Crippen LogP contribution in [0.3, 0.4) is 0 Å². The van der Waals surface area contributed by atoms with Gasteiger partial charge in [-0.3, -0.25) is 0 Å². The second-order valence-electron chi connectivity index (χ2n) is 4.72. The fourth-order valence-corrected chi connectivity index (χ4v) is 5.12. The lowest BCUT2D eigenvalue weighted by Gasteiger charge is -2.27. The second kappa shape index (κ2) is 6.78. The summed E-state index contributed by atoms with van der Waals surface area (Å²) >= 11 is 6.38. The van der Waals surface area contributed by atoms with Crippen LogP contribution in [0.25, 0.3) is 0 Å². The van der Waals surface area contributed by atoms with Crippen molar-refractivity contribution in [3.8, 4) is 0 Å². The molecule has 1 nitrogen and oxygen atoms in total. The van der Waals surface area contributed by atoms with Gasteiger partial charge >= 0.3 is 0 Å². The first-order chi connectivity index (χ1) is 8.20. The molecule has 2 atom stereocenters. The molecule has 1 aromatic heterocycles. The van der Waals surface area contributed by atoms with Gasteiger partial charge in [0.1, 0.15) is 0 Å². The van der Waals surface area contributed by atoms with Crippen molar-refractivity contribution in [3.63, 3.8) is 0 Å². The van der Waals surface area contributed by atoms with Crippen molar-refractivity contribution in [1.29, 1.82) is 0 Å². The molecule has 4 heteroatoms. The Labute approximate surface area is 126 Å². The zero-order chi connectivity index (χ0) is 12.3. The number of fused-ring (bicyclic) bond motifs is 1. The first-order valence-corrected chi connectivity index (χ1v) is 9.52. The van der Waals surface area contributed by atoms with Gasteiger partial charge in [0.2, 0.25) is 0 Å². The summed E-state index contributed by atoms with van der Waals surface area (Å²) in [6.07, 6.45) is 7.40. The third-order valence-electron chi connectivity index (χ3n) is 3.32. The molecule has 1 heterocycles. The van der Waals surface area contributed by atoms with Crippen LogP contribution in [0.5, 0.6) is 0 Å². The van der Waals surface area contributed by atoms with Gasteiger partial charge in [0.15, 0.2) is 0 Å². The highest BCUT2D eigenvalue weighted by atomic mass is 127. The van der Waals surface area contributed by atoms with Crippen molar-refractivity contribution in [2.75, 3.05) is 12.0 Å². The number of rotatable bonds is 5. The fourth-order valence-electron chi connectivity index (χ4n) is 2.42. The van der Waals surface area contributed by atoms with Crippen molar-refractivity contribution in [3.05, 3.63) is 19.4 Å².